The van der Waals surface area contributed by atoms with Crippen molar-refractivity contribution in [2.45, 2.75) is 123 Å². The molecule has 6 heteroatoms. The summed E-state index contributed by atoms with van der Waals surface area (Å²) in [5.74, 6) is 0.276. The van der Waals surface area contributed by atoms with Crippen molar-refractivity contribution >= 4 is 18.1 Å². The van der Waals surface area contributed by atoms with E-state index in [4.69, 9.17) is 9.47 Å². The van der Waals surface area contributed by atoms with Gasteiger partial charge in [0.05, 0.1) is 5.56 Å². The van der Waals surface area contributed by atoms with E-state index >= 15 is 0 Å². The summed E-state index contributed by atoms with van der Waals surface area (Å²) in [6.07, 6.45) is 8.31. The summed E-state index contributed by atoms with van der Waals surface area (Å²) in [5, 5.41) is 3.93. The minimum absolute atomic E-state index is 0.114. The SMILES string of the molecule is CCC(=Cc1ccccc1)[C@@H]1C[C@H]1N[C@H]1CC[C@@H](N(Cc2ccc(C(=O)OC(C)(C)C)cc2)C(=O)OC(C)(C)C)CC1. The molecular formula is C36H50N2O4. The Kier molecular flexibility index (Phi) is 10.2. The molecule has 4 rings (SSSR count). The third-order valence-electron chi connectivity index (χ3n) is 7.98. The average Bonchev–Trinajstić information content (AvgIpc) is 3.68. The number of ether oxygens (including phenoxy) is 2. The first-order valence-electron chi connectivity index (χ1n) is 15.6. The van der Waals surface area contributed by atoms with Gasteiger partial charge in [-0.15, -0.1) is 0 Å². The first-order valence-corrected chi connectivity index (χ1v) is 15.6. The van der Waals surface area contributed by atoms with E-state index in [9.17, 15) is 9.59 Å². The van der Waals surface area contributed by atoms with Crippen molar-refractivity contribution in [1.29, 1.82) is 0 Å². The number of carbonyl (C=O) groups excluding carboxylic acids is 2. The Morgan fingerprint density at radius 1 is 0.881 bits per heavy atom. The van der Waals surface area contributed by atoms with E-state index in [0.717, 1.165) is 37.7 Å². The zero-order valence-electron chi connectivity index (χ0n) is 26.6. The first kappa shape index (κ1) is 31.8. The van der Waals surface area contributed by atoms with Gasteiger partial charge in [0, 0.05) is 24.7 Å². The fourth-order valence-electron chi connectivity index (χ4n) is 5.82. The normalized spacial score (nSPS) is 22.8. The van der Waals surface area contributed by atoms with Crippen molar-refractivity contribution in [3.05, 3.63) is 76.9 Å². The average molecular weight is 575 g/mol. The number of amides is 1. The second-order valence-corrected chi connectivity index (χ2v) is 13.9. The lowest BCUT2D eigenvalue weighted by Gasteiger charge is -2.38. The van der Waals surface area contributed by atoms with Crippen molar-refractivity contribution in [2.24, 2.45) is 5.92 Å². The Labute approximate surface area is 252 Å². The molecule has 0 heterocycles. The molecule has 2 fully saturated rings. The lowest BCUT2D eigenvalue weighted by atomic mass is 9.89. The maximum absolute atomic E-state index is 13.4. The van der Waals surface area contributed by atoms with E-state index in [1.165, 1.54) is 17.6 Å². The Hall–Kier alpha value is -3.12. The molecule has 0 radical (unpaired) electrons. The zero-order valence-corrected chi connectivity index (χ0v) is 26.6. The molecule has 1 N–H and O–H groups in total. The van der Waals surface area contributed by atoms with Gasteiger partial charge in [-0.2, -0.15) is 0 Å². The Morgan fingerprint density at radius 3 is 2.07 bits per heavy atom. The molecule has 2 aromatic carbocycles. The smallest absolute Gasteiger partial charge is 0.410 e. The summed E-state index contributed by atoms with van der Waals surface area (Å²) in [6.45, 7) is 14.0. The second kappa shape index (κ2) is 13.5. The molecule has 0 aliphatic heterocycles. The van der Waals surface area contributed by atoms with Gasteiger partial charge in [0.2, 0.25) is 0 Å². The summed E-state index contributed by atoms with van der Waals surface area (Å²) >= 11 is 0. The van der Waals surface area contributed by atoms with E-state index < -0.39 is 11.2 Å². The summed E-state index contributed by atoms with van der Waals surface area (Å²) in [5.41, 5.74) is 3.16. The number of hydrogen-bond acceptors (Lipinski definition) is 5. The highest BCUT2D eigenvalue weighted by Crippen LogP contribution is 2.41. The standard InChI is InChI=1S/C36H50N2O4/c1-8-27(22-25-12-10-9-11-13-25)31-23-32(31)37-29-18-20-30(21-19-29)38(34(40)42-36(5,6)7)24-26-14-16-28(17-15-26)33(39)41-35(2,3)4/h9-17,22,29-32,37H,8,18-21,23-24H2,1-7H3/t29-,30+,31-,32+/m0/s1. The van der Waals surface area contributed by atoms with Gasteiger partial charge in [0.15, 0.2) is 0 Å². The van der Waals surface area contributed by atoms with E-state index in [1.807, 2.05) is 58.6 Å². The van der Waals surface area contributed by atoms with Crippen LogP contribution in [0.5, 0.6) is 0 Å². The highest BCUT2D eigenvalue weighted by atomic mass is 16.6. The number of nitrogens with zero attached hydrogens (tertiary/aromatic N) is 1. The molecule has 6 nitrogen and oxygen atoms in total. The van der Waals surface area contributed by atoms with Crippen LogP contribution in [0.2, 0.25) is 0 Å². The van der Waals surface area contributed by atoms with Crippen molar-refractivity contribution < 1.29 is 19.1 Å². The fourth-order valence-corrected chi connectivity index (χ4v) is 5.82. The van der Waals surface area contributed by atoms with Gasteiger partial charge in [0.25, 0.3) is 0 Å². The number of nitrogens with one attached hydrogen (secondary N) is 1. The van der Waals surface area contributed by atoms with E-state index in [-0.39, 0.29) is 18.1 Å². The molecule has 228 valence electrons. The molecule has 0 saturated heterocycles. The minimum Gasteiger partial charge on any atom is -0.456 e. The zero-order chi connectivity index (χ0) is 30.5. The number of carbonyl (C=O) groups is 2. The number of benzene rings is 2. The Morgan fingerprint density at radius 2 is 1.50 bits per heavy atom. The fraction of sp³-hybridized carbons (Fsp3) is 0.556. The highest BCUT2D eigenvalue weighted by molar-refractivity contribution is 5.89. The van der Waals surface area contributed by atoms with Gasteiger partial charge in [0.1, 0.15) is 11.2 Å². The third kappa shape index (κ3) is 9.45. The molecular weight excluding hydrogens is 524 g/mol. The largest absolute Gasteiger partial charge is 0.456 e. The summed E-state index contributed by atoms with van der Waals surface area (Å²) < 4.78 is 11.3. The van der Waals surface area contributed by atoms with E-state index in [2.05, 4.69) is 48.6 Å². The number of rotatable bonds is 9. The van der Waals surface area contributed by atoms with Gasteiger partial charge in [-0.3, -0.25) is 0 Å². The van der Waals surface area contributed by atoms with Crippen molar-refractivity contribution in [3.63, 3.8) is 0 Å². The van der Waals surface area contributed by atoms with Crippen LogP contribution in [0.25, 0.3) is 6.08 Å². The topological polar surface area (TPSA) is 67.9 Å². The van der Waals surface area contributed by atoms with Crippen molar-refractivity contribution in [3.8, 4) is 0 Å². The van der Waals surface area contributed by atoms with Crippen LogP contribution in [0.15, 0.2) is 60.2 Å². The van der Waals surface area contributed by atoms with Gasteiger partial charge in [-0.25, -0.2) is 9.59 Å². The van der Waals surface area contributed by atoms with E-state index in [0.29, 0.717) is 30.1 Å². The molecule has 0 bridgehead atoms. The molecule has 2 saturated carbocycles. The lowest BCUT2D eigenvalue weighted by Crippen LogP contribution is -2.47. The van der Waals surface area contributed by atoms with Crippen LogP contribution in [0, 0.1) is 5.92 Å². The monoisotopic (exact) mass is 574 g/mol. The van der Waals surface area contributed by atoms with Crippen molar-refractivity contribution in [1.82, 2.24) is 10.2 Å². The van der Waals surface area contributed by atoms with Gasteiger partial charge in [-0.05, 0) is 109 Å². The van der Waals surface area contributed by atoms with Crippen molar-refractivity contribution in [2.75, 3.05) is 0 Å². The molecule has 0 spiro atoms. The number of esters is 1. The molecule has 0 unspecified atom stereocenters. The lowest BCUT2D eigenvalue weighted by molar-refractivity contribution is 0.00616. The summed E-state index contributed by atoms with van der Waals surface area (Å²) in [6, 6.07) is 19.1. The summed E-state index contributed by atoms with van der Waals surface area (Å²) in [4.78, 5) is 27.7. The molecule has 2 aliphatic rings. The second-order valence-electron chi connectivity index (χ2n) is 13.9. The van der Waals surface area contributed by atoms with Crippen LogP contribution < -0.4 is 5.32 Å². The van der Waals surface area contributed by atoms with Gasteiger partial charge >= 0.3 is 12.1 Å². The Balaban J connectivity index is 1.35. The third-order valence-corrected chi connectivity index (χ3v) is 7.98. The Bertz CT molecular complexity index is 1220. The predicted octanol–water partition coefficient (Wildman–Crippen LogP) is 8.16. The summed E-state index contributed by atoms with van der Waals surface area (Å²) in [7, 11) is 0. The molecule has 42 heavy (non-hydrogen) atoms. The van der Waals surface area contributed by atoms with Gasteiger partial charge in [-0.1, -0.05) is 61.0 Å². The van der Waals surface area contributed by atoms with Crippen LogP contribution in [0.1, 0.15) is 108 Å². The number of hydrogen-bond donors (Lipinski definition) is 1. The van der Waals surface area contributed by atoms with Crippen LogP contribution in [-0.2, 0) is 16.0 Å². The molecule has 2 aromatic rings. The quantitative estimate of drug-likeness (QED) is 0.306. The molecule has 2 atom stereocenters. The maximum atomic E-state index is 13.4. The minimum atomic E-state index is -0.570. The van der Waals surface area contributed by atoms with E-state index in [1.54, 1.807) is 12.1 Å². The van der Waals surface area contributed by atoms with Gasteiger partial charge < -0.3 is 19.7 Å². The van der Waals surface area contributed by atoms with Crippen LogP contribution in [0.4, 0.5) is 4.79 Å². The van der Waals surface area contributed by atoms with Crippen LogP contribution >= 0.6 is 0 Å². The molecule has 1 amide bonds. The molecule has 2 aliphatic carbocycles. The molecule has 0 aromatic heterocycles. The van der Waals surface area contributed by atoms with Crippen LogP contribution in [-0.4, -0.2) is 46.3 Å². The highest BCUT2D eigenvalue weighted by Gasteiger charge is 2.41. The maximum Gasteiger partial charge on any atom is 0.410 e. The predicted molar refractivity (Wildman–Crippen MR) is 169 cm³/mol. The van der Waals surface area contributed by atoms with Crippen LogP contribution in [0.3, 0.4) is 0 Å². The first-order chi connectivity index (χ1) is 19.8.